The summed E-state index contributed by atoms with van der Waals surface area (Å²) >= 11 is 1.11. The smallest absolute Gasteiger partial charge is 0.251 e. The molecule has 0 aliphatic heterocycles. The molecular weight excluding hydrogens is 255 g/mol. The van der Waals surface area contributed by atoms with Crippen molar-refractivity contribution in [1.29, 1.82) is 0 Å². The zero-order valence-electron chi connectivity index (χ0n) is 9.44. The van der Waals surface area contributed by atoms with E-state index in [9.17, 15) is 14.0 Å². The maximum Gasteiger partial charge on any atom is 0.251 e. The predicted molar refractivity (Wildman–Crippen MR) is 65.5 cm³/mol. The highest BCUT2D eigenvalue weighted by Gasteiger charge is 2.07. The second-order valence-corrected chi connectivity index (χ2v) is 4.62. The molecule has 1 aromatic heterocycles. The minimum atomic E-state index is -0.479. The van der Waals surface area contributed by atoms with E-state index in [1.165, 1.54) is 18.2 Å². The summed E-state index contributed by atoms with van der Waals surface area (Å²) in [6.07, 6.45) is 0.569. The molecule has 0 amide bonds. The zero-order chi connectivity index (χ0) is 13.1. The fraction of sp³-hybridized carbons (Fsp3) is 0.0833. The van der Waals surface area contributed by atoms with E-state index in [1.807, 2.05) is 0 Å². The molecule has 0 fully saturated rings. The van der Waals surface area contributed by atoms with E-state index < -0.39 is 5.82 Å². The third-order valence-corrected chi connectivity index (χ3v) is 3.13. The summed E-state index contributed by atoms with van der Waals surface area (Å²) in [5.41, 5.74) is 0.542. The number of aromatic nitrogens is 2. The highest BCUT2D eigenvalue weighted by Crippen LogP contribution is 2.27. The first-order valence-electron chi connectivity index (χ1n) is 5.09. The standard InChI is InChI=1S/C12H9FN2O2S/c1-7-4-11(17)15-12(14-7)18-10-3-2-9(13)5-8(10)6-16/h2-6H,1H3,(H,14,15,17). The first-order valence-corrected chi connectivity index (χ1v) is 5.90. The maximum atomic E-state index is 13.0. The average Bonchev–Trinajstić information content (AvgIpc) is 2.30. The number of rotatable bonds is 3. The lowest BCUT2D eigenvalue weighted by atomic mass is 10.2. The predicted octanol–water partition coefficient (Wildman–Crippen LogP) is 2.18. The highest BCUT2D eigenvalue weighted by molar-refractivity contribution is 7.99. The van der Waals surface area contributed by atoms with Gasteiger partial charge in [-0.05, 0) is 25.1 Å². The van der Waals surface area contributed by atoms with Crippen molar-refractivity contribution in [2.75, 3.05) is 0 Å². The Bertz CT molecular complexity index is 655. The van der Waals surface area contributed by atoms with Crippen molar-refractivity contribution < 1.29 is 9.18 Å². The molecule has 1 N–H and O–H groups in total. The molecule has 0 atom stereocenters. The van der Waals surface area contributed by atoms with Crippen LogP contribution in [0.3, 0.4) is 0 Å². The molecule has 0 aliphatic rings. The van der Waals surface area contributed by atoms with E-state index in [0.29, 0.717) is 22.0 Å². The van der Waals surface area contributed by atoms with Crippen molar-refractivity contribution in [3.8, 4) is 0 Å². The molecule has 0 bridgehead atoms. The van der Waals surface area contributed by atoms with Crippen molar-refractivity contribution in [2.24, 2.45) is 0 Å². The Labute approximate surface area is 106 Å². The van der Waals surface area contributed by atoms with Crippen LogP contribution in [0.4, 0.5) is 4.39 Å². The molecule has 2 aromatic rings. The lowest BCUT2D eigenvalue weighted by molar-refractivity contribution is 0.112. The molecule has 1 heterocycles. The van der Waals surface area contributed by atoms with E-state index in [2.05, 4.69) is 9.97 Å². The number of aromatic amines is 1. The Morgan fingerprint density at radius 2 is 2.17 bits per heavy atom. The average molecular weight is 264 g/mol. The molecule has 0 radical (unpaired) electrons. The van der Waals surface area contributed by atoms with Gasteiger partial charge in [0, 0.05) is 22.2 Å². The van der Waals surface area contributed by atoms with Gasteiger partial charge in [0.15, 0.2) is 11.4 Å². The van der Waals surface area contributed by atoms with Crippen LogP contribution < -0.4 is 5.56 Å². The van der Waals surface area contributed by atoms with E-state index in [-0.39, 0.29) is 11.1 Å². The number of halogens is 1. The molecule has 4 nitrogen and oxygen atoms in total. The highest BCUT2D eigenvalue weighted by atomic mass is 32.2. The molecule has 0 saturated heterocycles. The van der Waals surface area contributed by atoms with Gasteiger partial charge >= 0.3 is 0 Å². The van der Waals surface area contributed by atoms with Crippen molar-refractivity contribution in [3.05, 3.63) is 51.7 Å². The Morgan fingerprint density at radius 3 is 2.83 bits per heavy atom. The van der Waals surface area contributed by atoms with Gasteiger partial charge in [0.2, 0.25) is 0 Å². The molecule has 6 heteroatoms. The molecule has 0 unspecified atom stereocenters. The zero-order valence-corrected chi connectivity index (χ0v) is 10.3. The molecule has 0 saturated carbocycles. The van der Waals surface area contributed by atoms with Crippen LogP contribution in [0.2, 0.25) is 0 Å². The lowest BCUT2D eigenvalue weighted by Crippen LogP contribution is -2.08. The summed E-state index contributed by atoms with van der Waals surface area (Å²) in [5.74, 6) is -0.479. The van der Waals surface area contributed by atoms with Crippen LogP contribution in [0.25, 0.3) is 0 Å². The minimum absolute atomic E-state index is 0.226. The number of nitrogens with one attached hydrogen (secondary N) is 1. The molecule has 0 aliphatic carbocycles. The van der Waals surface area contributed by atoms with E-state index in [1.54, 1.807) is 6.92 Å². The van der Waals surface area contributed by atoms with Crippen LogP contribution in [-0.4, -0.2) is 16.3 Å². The summed E-state index contributed by atoms with van der Waals surface area (Å²) in [5, 5.41) is 0.370. The Balaban J connectivity index is 2.39. The number of H-pyrrole nitrogens is 1. The monoisotopic (exact) mass is 264 g/mol. The number of carbonyl (C=O) groups is 1. The quantitative estimate of drug-likeness (QED) is 0.681. The van der Waals surface area contributed by atoms with Gasteiger partial charge in [-0.15, -0.1) is 0 Å². The summed E-state index contributed by atoms with van der Waals surface area (Å²) in [7, 11) is 0. The number of hydrogen-bond acceptors (Lipinski definition) is 4. The molecular formula is C12H9FN2O2S. The number of hydrogen-bond donors (Lipinski definition) is 1. The molecule has 2 rings (SSSR count). The Kier molecular flexibility index (Phi) is 3.57. The molecule has 92 valence electrons. The topological polar surface area (TPSA) is 62.8 Å². The summed E-state index contributed by atoms with van der Waals surface area (Å²) in [6.45, 7) is 1.70. The lowest BCUT2D eigenvalue weighted by Gasteiger charge is -2.04. The van der Waals surface area contributed by atoms with Gasteiger partial charge in [-0.3, -0.25) is 9.59 Å². The van der Waals surface area contributed by atoms with Gasteiger partial charge in [0.05, 0.1) is 0 Å². The largest absolute Gasteiger partial charge is 0.301 e. The van der Waals surface area contributed by atoms with Gasteiger partial charge in [-0.25, -0.2) is 9.37 Å². The van der Waals surface area contributed by atoms with Gasteiger partial charge in [0.25, 0.3) is 5.56 Å². The molecule has 18 heavy (non-hydrogen) atoms. The Hall–Kier alpha value is -1.95. The van der Waals surface area contributed by atoms with Crippen molar-refractivity contribution >= 4 is 18.0 Å². The van der Waals surface area contributed by atoms with E-state index in [4.69, 9.17) is 0 Å². The third-order valence-electron chi connectivity index (χ3n) is 2.15. The molecule has 0 spiro atoms. The molecule has 1 aromatic carbocycles. The van der Waals surface area contributed by atoms with Crippen molar-refractivity contribution in [1.82, 2.24) is 9.97 Å². The van der Waals surface area contributed by atoms with Crippen LogP contribution in [0.5, 0.6) is 0 Å². The van der Waals surface area contributed by atoms with Crippen molar-refractivity contribution in [3.63, 3.8) is 0 Å². The SMILES string of the molecule is Cc1cc(=O)[nH]c(Sc2ccc(F)cc2C=O)n1. The van der Waals surface area contributed by atoms with Gasteiger partial charge in [0.1, 0.15) is 5.82 Å². The second kappa shape index (κ2) is 5.14. The number of benzene rings is 1. The fourth-order valence-electron chi connectivity index (χ4n) is 1.41. The number of carbonyl (C=O) groups excluding carboxylic acids is 1. The van der Waals surface area contributed by atoms with Gasteiger partial charge in [-0.2, -0.15) is 0 Å². The first kappa shape index (κ1) is 12.5. The summed E-state index contributed by atoms with van der Waals surface area (Å²) < 4.78 is 13.0. The number of aldehydes is 1. The van der Waals surface area contributed by atoms with Gasteiger partial charge in [-0.1, -0.05) is 11.8 Å². The normalized spacial score (nSPS) is 10.3. The second-order valence-electron chi connectivity index (χ2n) is 3.59. The first-order chi connectivity index (χ1) is 8.58. The van der Waals surface area contributed by atoms with E-state index in [0.717, 1.165) is 17.8 Å². The van der Waals surface area contributed by atoms with Crippen molar-refractivity contribution in [2.45, 2.75) is 17.0 Å². The summed E-state index contributed by atoms with van der Waals surface area (Å²) in [6, 6.07) is 5.24. The number of nitrogens with zero attached hydrogens (tertiary/aromatic N) is 1. The Morgan fingerprint density at radius 1 is 1.39 bits per heavy atom. The fourth-order valence-corrected chi connectivity index (χ4v) is 2.32. The number of aryl methyl sites for hydroxylation is 1. The van der Waals surface area contributed by atoms with Crippen LogP contribution in [0.1, 0.15) is 16.1 Å². The maximum absolute atomic E-state index is 13.0. The third kappa shape index (κ3) is 2.84. The van der Waals surface area contributed by atoms with Gasteiger partial charge < -0.3 is 4.98 Å². The van der Waals surface area contributed by atoms with E-state index >= 15 is 0 Å². The summed E-state index contributed by atoms with van der Waals surface area (Å²) in [4.78, 5) is 29.3. The van der Waals surface area contributed by atoms with Crippen LogP contribution >= 0.6 is 11.8 Å². The van der Waals surface area contributed by atoms with Crippen LogP contribution in [0.15, 0.2) is 39.1 Å². The van der Waals surface area contributed by atoms with Crippen LogP contribution in [0, 0.1) is 12.7 Å². The van der Waals surface area contributed by atoms with Crippen LogP contribution in [-0.2, 0) is 0 Å². The minimum Gasteiger partial charge on any atom is -0.301 e.